The average molecular weight is 278 g/mol. The average Bonchev–Trinajstić information content (AvgIpc) is 2.36. The minimum absolute atomic E-state index is 0.0109. The van der Waals surface area contributed by atoms with Crippen molar-refractivity contribution < 1.29 is 14.7 Å². The summed E-state index contributed by atoms with van der Waals surface area (Å²) in [5.41, 5.74) is 0.666. The molecule has 1 aromatic rings. The number of hydrogen-bond donors (Lipinski definition) is 3. The number of carboxylic acid groups (broad SMARTS) is 1. The van der Waals surface area contributed by atoms with E-state index < -0.39 is 11.9 Å². The fourth-order valence-corrected chi connectivity index (χ4v) is 1.64. The summed E-state index contributed by atoms with van der Waals surface area (Å²) in [5.74, 6) is -1.69. The Morgan fingerprint density at radius 3 is 2.25 bits per heavy atom. The zero-order chi connectivity index (χ0) is 15.2. The summed E-state index contributed by atoms with van der Waals surface area (Å²) in [5, 5.41) is 14.6. The summed E-state index contributed by atoms with van der Waals surface area (Å²) in [6, 6.07) is 8.53. The van der Waals surface area contributed by atoms with Crippen molar-refractivity contribution in [2.24, 2.45) is 5.41 Å². The minimum atomic E-state index is -0.952. The van der Waals surface area contributed by atoms with Crippen LogP contribution in [-0.4, -0.2) is 30.2 Å². The van der Waals surface area contributed by atoms with E-state index in [9.17, 15) is 14.7 Å². The molecule has 1 rings (SSSR count). The fourth-order valence-electron chi connectivity index (χ4n) is 1.64. The largest absolute Gasteiger partial charge is 0.481 e. The molecule has 0 aliphatic rings. The van der Waals surface area contributed by atoms with Gasteiger partial charge < -0.3 is 15.7 Å². The van der Waals surface area contributed by atoms with Gasteiger partial charge >= 0.3 is 12.0 Å². The van der Waals surface area contributed by atoms with E-state index in [1.165, 1.54) is 0 Å². The molecule has 110 valence electrons. The van der Waals surface area contributed by atoms with Crippen LogP contribution in [0.2, 0.25) is 0 Å². The first kappa shape index (κ1) is 16.0. The zero-order valence-corrected chi connectivity index (χ0v) is 12.1. The van der Waals surface area contributed by atoms with Crippen LogP contribution in [0, 0.1) is 5.41 Å². The first-order valence-corrected chi connectivity index (χ1v) is 6.59. The maximum Gasteiger partial charge on any atom is 0.314 e. The molecule has 1 aromatic carbocycles. The van der Waals surface area contributed by atoms with Gasteiger partial charge in [-0.05, 0) is 11.0 Å². The molecule has 2 amide bonds. The molecule has 3 N–H and O–H groups in total. The lowest BCUT2D eigenvalue weighted by Gasteiger charge is -2.20. The second-order valence-electron chi connectivity index (χ2n) is 5.93. The molecule has 0 radical (unpaired) electrons. The van der Waals surface area contributed by atoms with E-state index in [-0.39, 0.29) is 18.0 Å². The zero-order valence-electron chi connectivity index (χ0n) is 12.1. The van der Waals surface area contributed by atoms with Crippen LogP contribution in [0.15, 0.2) is 30.3 Å². The van der Waals surface area contributed by atoms with Crippen molar-refractivity contribution in [1.82, 2.24) is 10.6 Å². The quantitative estimate of drug-likeness (QED) is 0.772. The third-order valence-corrected chi connectivity index (χ3v) is 2.75. The topological polar surface area (TPSA) is 78.4 Å². The molecular weight excluding hydrogens is 256 g/mol. The molecule has 20 heavy (non-hydrogen) atoms. The van der Waals surface area contributed by atoms with Crippen molar-refractivity contribution >= 4 is 12.0 Å². The van der Waals surface area contributed by atoms with Gasteiger partial charge in [-0.1, -0.05) is 51.1 Å². The molecule has 0 heterocycles. The first-order chi connectivity index (χ1) is 9.29. The highest BCUT2D eigenvalue weighted by Crippen LogP contribution is 2.14. The van der Waals surface area contributed by atoms with Crippen LogP contribution in [0.5, 0.6) is 0 Å². The predicted molar refractivity (Wildman–Crippen MR) is 77.7 cm³/mol. The van der Waals surface area contributed by atoms with Crippen LogP contribution in [0.3, 0.4) is 0 Å². The van der Waals surface area contributed by atoms with Crippen molar-refractivity contribution in [2.75, 3.05) is 13.1 Å². The number of urea groups is 1. The molecule has 1 atom stereocenters. The van der Waals surface area contributed by atoms with Crippen LogP contribution in [0.1, 0.15) is 32.3 Å². The van der Waals surface area contributed by atoms with E-state index in [1.807, 2.05) is 26.8 Å². The summed E-state index contributed by atoms with van der Waals surface area (Å²) in [4.78, 5) is 22.9. The van der Waals surface area contributed by atoms with E-state index in [2.05, 4.69) is 10.6 Å². The van der Waals surface area contributed by atoms with E-state index in [1.54, 1.807) is 24.3 Å². The number of carboxylic acids is 1. The lowest BCUT2D eigenvalue weighted by atomic mass is 9.97. The van der Waals surface area contributed by atoms with Gasteiger partial charge in [-0.3, -0.25) is 4.79 Å². The van der Waals surface area contributed by atoms with Gasteiger partial charge in [-0.2, -0.15) is 0 Å². The normalized spacial score (nSPS) is 12.6. The van der Waals surface area contributed by atoms with Gasteiger partial charge in [0, 0.05) is 13.1 Å². The van der Waals surface area contributed by atoms with Crippen LogP contribution in [0.25, 0.3) is 0 Å². The summed E-state index contributed by atoms with van der Waals surface area (Å²) >= 11 is 0. The summed E-state index contributed by atoms with van der Waals surface area (Å²) in [7, 11) is 0. The van der Waals surface area contributed by atoms with Crippen LogP contribution in [0.4, 0.5) is 4.79 Å². The van der Waals surface area contributed by atoms with Gasteiger partial charge in [0.1, 0.15) is 0 Å². The van der Waals surface area contributed by atoms with Crippen molar-refractivity contribution in [1.29, 1.82) is 0 Å². The Morgan fingerprint density at radius 1 is 1.15 bits per heavy atom. The molecule has 0 spiro atoms. The minimum Gasteiger partial charge on any atom is -0.481 e. The number of carbonyl (C=O) groups is 2. The Bertz CT molecular complexity index is 452. The van der Waals surface area contributed by atoms with Gasteiger partial charge in [0.25, 0.3) is 0 Å². The maximum absolute atomic E-state index is 11.6. The second kappa shape index (κ2) is 6.93. The van der Waals surface area contributed by atoms with Crippen molar-refractivity contribution in [2.45, 2.75) is 26.7 Å². The molecule has 1 unspecified atom stereocenters. The molecule has 0 aliphatic carbocycles. The van der Waals surface area contributed by atoms with Gasteiger partial charge in [-0.15, -0.1) is 0 Å². The molecule has 0 bridgehead atoms. The van der Waals surface area contributed by atoms with Gasteiger partial charge in [0.15, 0.2) is 0 Å². The summed E-state index contributed by atoms with van der Waals surface area (Å²) in [6.07, 6.45) is 0. The van der Waals surface area contributed by atoms with E-state index in [0.717, 1.165) is 0 Å². The molecular formula is C15H22N2O3. The Kier molecular flexibility index (Phi) is 5.55. The molecule has 0 saturated carbocycles. The highest BCUT2D eigenvalue weighted by atomic mass is 16.4. The maximum atomic E-state index is 11.6. The smallest absolute Gasteiger partial charge is 0.314 e. The van der Waals surface area contributed by atoms with Crippen LogP contribution in [-0.2, 0) is 4.79 Å². The highest BCUT2D eigenvalue weighted by Gasteiger charge is 2.20. The van der Waals surface area contributed by atoms with Crippen molar-refractivity contribution in [3.8, 4) is 0 Å². The Morgan fingerprint density at radius 2 is 1.75 bits per heavy atom. The number of amides is 2. The van der Waals surface area contributed by atoms with Gasteiger partial charge in [-0.25, -0.2) is 4.79 Å². The lowest BCUT2D eigenvalue weighted by Crippen LogP contribution is -2.42. The number of rotatable bonds is 5. The lowest BCUT2D eigenvalue weighted by molar-refractivity contribution is -0.138. The standard InChI is InChI=1S/C15H22N2O3/c1-15(2,3)10-17-14(20)16-9-12(13(18)19)11-7-5-4-6-8-11/h4-8,12H,9-10H2,1-3H3,(H,18,19)(H2,16,17,20). The van der Waals surface area contributed by atoms with Crippen molar-refractivity contribution in [3.05, 3.63) is 35.9 Å². The van der Waals surface area contributed by atoms with Crippen LogP contribution >= 0.6 is 0 Å². The first-order valence-electron chi connectivity index (χ1n) is 6.59. The predicted octanol–water partition coefficient (Wildman–Crippen LogP) is 2.20. The molecule has 0 fully saturated rings. The van der Waals surface area contributed by atoms with Gasteiger partial charge in [0.2, 0.25) is 0 Å². The molecule has 5 nitrogen and oxygen atoms in total. The third-order valence-electron chi connectivity index (χ3n) is 2.75. The Hall–Kier alpha value is -2.04. The molecule has 5 heteroatoms. The number of aliphatic carboxylic acids is 1. The molecule has 0 saturated heterocycles. The monoisotopic (exact) mass is 278 g/mol. The number of nitrogens with one attached hydrogen (secondary N) is 2. The summed E-state index contributed by atoms with van der Waals surface area (Å²) in [6.45, 7) is 6.63. The number of carbonyl (C=O) groups excluding carboxylic acids is 1. The Labute approximate surface area is 119 Å². The molecule has 0 aliphatic heterocycles. The van der Waals surface area contributed by atoms with Crippen molar-refractivity contribution in [3.63, 3.8) is 0 Å². The van der Waals surface area contributed by atoms with Gasteiger partial charge in [0.05, 0.1) is 5.92 Å². The van der Waals surface area contributed by atoms with E-state index in [0.29, 0.717) is 12.1 Å². The number of benzene rings is 1. The number of hydrogen-bond acceptors (Lipinski definition) is 2. The van der Waals surface area contributed by atoms with Crippen LogP contribution < -0.4 is 10.6 Å². The fraction of sp³-hybridized carbons (Fsp3) is 0.467. The summed E-state index contributed by atoms with van der Waals surface area (Å²) < 4.78 is 0. The molecule has 0 aromatic heterocycles. The van der Waals surface area contributed by atoms with E-state index >= 15 is 0 Å². The third kappa shape index (κ3) is 5.73. The second-order valence-corrected chi connectivity index (χ2v) is 5.93. The Balaban J connectivity index is 2.52. The van der Waals surface area contributed by atoms with E-state index in [4.69, 9.17) is 0 Å². The highest BCUT2D eigenvalue weighted by molar-refractivity contribution is 5.79. The SMILES string of the molecule is CC(C)(C)CNC(=O)NCC(C(=O)O)c1ccccc1.